The topological polar surface area (TPSA) is 47.6 Å². The molecule has 4 nitrogen and oxygen atoms in total. The predicted molar refractivity (Wildman–Crippen MR) is 73.0 cm³/mol. The van der Waals surface area contributed by atoms with Crippen LogP contribution in [0.1, 0.15) is 26.2 Å². The minimum Gasteiger partial charge on any atom is -0.487 e. The third kappa shape index (κ3) is 3.32. The fourth-order valence-corrected chi connectivity index (χ4v) is 2.80. The number of likely N-dealkylation sites (N-methyl/N-ethyl adjacent to an activating group) is 1. The predicted octanol–water partition coefficient (Wildman–Crippen LogP) is 2.42. The van der Waals surface area contributed by atoms with Gasteiger partial charge in [-0.25, -0.2) is 8.78 Å². The van der Waals surface area contributed by atoms with Gasteiger partial charge in [-0.05, 0) is 31.5 Å². The molecule has 2 unspecified atom stereocenters. The Hall–Kier alpha value is -1.69. The number of rotatable bonds is 5. The molecular formula is C15H19F2NO3. The molecule has 116 valence electrons. The van der Waals surface area contributed by atoms with Crippen LogP contribution in [0.25, 0.3) is 0 Å². The summed E-state index contributed by atoms with van der Waals surface area (Å²) < 4.78 is 36.9. The normalized spacial score (nSPS) is 24.9. The number of nitrogens with one attached hydrogen (secondary N) is 1. The lowest BCUT2D eigenvalue weighted by molar-refractivity contribution is -0.148. The summed E-state index contributed by atoms with van der Waals surface area (Å²) in [5, 5.41) is 3.14. The largest absolute Gasteiger partial charge is 0.487 e. The molecule has 0 bridgehead atoms. The molecule has 21 heavy (non-hydrogen) atoms. The second kappa shape index (κ2) is 6.39. The van der Waals surface area contributed by atoms with E-state index in [1.165, 1.54) is 13.2 Å². The lowest BCUT2D eigenvalue weighted by Gasteiger charge is -2.27. The first-order valence-corrected chi connectivity index (χ1v) is 6.96. The first-order chi connectivity index (χ1) is 10.0. The molecule has 0 spiro atoms. The van der Waals surface area contributed by atoms with Crippen molar-refractivity contribution in [1.82, 2.24) is 5.32 Å². The van der Waals surface area contributed by atoms with E-state index in [9.17, 15) is 13.6 Å². The van der Waals surface area contributed by atoms with Gasteiger partial charge in [0, 0.05) is 12.5 Å². The van der Waals surface area contributed by atoms with Gasteiger partial charge in [0.2, 0.25) is 0 Å². The second-order valence-electron chi connectivity index (χ2n) is 5.16. The Labute approximate surface area is 122 Å². The van der Waals surface area contributed by atoms with Gasteiger partial charge in [-0.1, -0.05) is 6.92 Å². The van der Waals surface area contributed by atoms with Gasteiger partial charge in [-0.15, -0.1) is 0 Å². The molecule has 1 aromatic rings. The summed E-state index contributed by atoms with van der Waals surface area (Å²) in [4.78, 5) is 12.0. The summed E-state index contributed by atoms with van der Waals surface area (Å²) in [6, 6.07) is 3.18. The van der Waals surface area contributed by atoms with E-state index in [-0.39, 0.29) is 17.8 Å². The van der Waals surface area contributed by atoms with E-state index in [0.717, 1.165) is 12.1 Å². The van der Waals surface area contributed by atoms with Crippen LogP contribution in [0.3, 0.4) is 0 Å². The number of ether oxygens (including phenoxy) is 2. The number of benzene rings is 1. The molecule has 0 saturated heterocycles. The standard InChI is InChI=1S/C15H19F2NO3/c1-3-18-15(14(19)20-2)7-6-11(9-15)21-13-5-4-10(16)8-12(13)17/h4-5,8,11,18H,3,6-7,9H2,1-2H3. The van der Waals surface area contributed by atoms with E-state index in [4.69, 9.17) is 9.47 Å². The molecule has 0 radical (unpaired) electrons. The first kappa shape index (κ1) is 15.7. The van der Waals surface area contributed by atoms with E-state index in [1.807, 2.05) is 6.92 Å². The van der Waals surface area contributed by atoms with Crippen LogP contribution in [-0.4, -0.2) is 31.3 Å². The van der Waals surface area contributed by atoms with Crippen molar-refractivity contribution >= 4 is 5.97 Å². The SMILES string of the molecule is CCNC1(C(=O)OC)CCC(Oc2ccc(F)cc2F)C1. The van der Waals surface area contributed by atoms with Gasteiger partial charge < -0.3 is 14.8 Å². The molecule has 0 amide bonds. The summed E-state index contributed by atoms with van der Waals surface area (Å²) in [6.07, 6.45) is 1.23. The van der Waals surface area contributed by atoms with Crippen LogP contribution in [0.4, 0.5) is 8.78 Å². The highest BCUT2D eigenvalue weighted by Crippen LogP contribution is 2.34. The molecule has 1 aliphatic rings. The van der Waals surface area contributed by atoms with Crippen LogP contribution < -0.4 is 10.1 Å². The Morgan fingerprint density at radius 1 is 1.48 bits per heavy atom. The highest BCUT2D eigenvalue weighted by atomic mass is 19.1. The Balaban J connectivity index is 2.08. The highest BCUT2D eigenvalue weighted by Gasteiger charge is 2.46. The molecule has 1 N–H and O–H groups in total. The second-order valence-corrected chi connectivity index (χ2v) is 5.16. The quantitative estimate of drug-likeness (QED) is 0.848. The number of esters is 1. The Kier molecular flexibility index (Phi) is 4.77. The molecule has 0 aromatic heterocycles. The van der Waals surface area contributed by atoms with Crippen LogP contribution in [-0.2, 0) is 9.53 Å². The van der Waals surface area contributed by atoms with Crippen molar-refractivity contribution in [2.24, 2.45) is 0 Å². The Morgan fingerprint density at radius 3 is 2.86 bits per heavy atom. The van der Waals surface area contributed by atoms with E-state index in [2.05, 4.69) is 5.32 Å². The zero-order chi connectivity index (χ0) is 15.5. The van der Waals surface area contributed by atoms with Crippen LogP contribution in [0.2, 0.25) is 0 Å². The van der Waals surface area contributed by atoms with Crippen LogP contribution in [0.5, 0.6) is 5.75 Å². The van der Waals surface area contributed by atoms with Crippen LogP contribution in [0, 0.1) is 11.6 Å². The van der Waals surface area contributed by atoms with Crippen molar-refractivity contribution in [3.8, 4) is 5.75 Å². The molecule has 1 fully saturated rings. The Bertz CT molecular complexity index is 524. The van der Waals surface area contributed by atoms with E-state index in [0.29, 0.717) is 25.8 Å². The van der Waals surface area contributed by atoms with E-state index in [1.54, 1.807) is 0 Å². The molecule has 1 saturated carbocycles. The Morgan fingerprint density at radius 2 is 2.24 bits per heavy atom. The van der Waals surface area contributed by atoms with Crippen molar-refractivity contribution in [3.05, 3.63) is 29.8 Å². The van der Waals surface area contributed by atoms with Crippen LogP contribution in [0.15, 0.2) is 18.2 Å². The molecule has 6 heteroatoms. The number of hydrogen-bond acceptors (Lipinski definition) is 4. The van der Waals surface area contributed by atoms with Gasteiger partial charge in [0.05, 0.1) is 7.11 Å². The average molecular weight is 299 g/mol. The summed E-state index contributed by atoms with van der Waals surface area (Å²) in [5.41, 5.74) is -0.787. The maximum atomic E-state index is 13.6. The van der Waals surface area contributed by atoms with Crippen molar-refractivity contribution in [2.75, 3.05) is 13.7 Å². The van der Waals surface area contributed by atoms with Crippen LogP contribution >= 0.6 is 0 Å². The zero-order valence-electron chi connectivity index (χ0n) is 12.1. The molecular weight excluding hydrogens is 280 g/mol. The summed E-state index contributed by atoms with van der Waals surface area (Å²) in [5.74, 6) is -1.73. The van der Waals surface area contributed by atoms with Gasteiger partial charge in [0.25, 0.3) is 0 Å². The van der Waals surface area contributed by atoms with Crippen molar-refractivity contribution in [1.29, 1.82) is 0 Å². The average Bonchev–Trinajstić information content (AvgIpc) is 2.86. The monoisotopic (exact) mass is 299 g/mol. The number of hydrogen-bond donors (Lipinski definition) is 1. The van der Waals surface area contributed by atoms with Gasteiger partial charge in [0.1, 0.15) is 17.5 Å². The number of carbonyl (C=O) groups is 1. The van der Waals surface area contributed by atoms with Gasteiger partial charge in [0.15, 0.2) is 11.6 Å². The van der Waals surface area contributed by atoms with E-state index < -0.39 is 17.2 Å². The lowest BCUT2D eigenvalue weighted by atomic mass is 9.97. The van der Waals surface area contributed by atoms with Gasteiger partial charge in [-0.2, -0.15) is 0 Å². The lowest BCUT2D eigenvalue weighted by Crippen LogP contribution is -2.51. The molecule has 0 aliphatic heterocycles. The summed E-state index contributed by atoms with van der Waals surface area (Å²) in [7, 11) is 1.34. The highest BCUT2D eigenvalue weighted by molar-refractivity contribution is 5.81. The van der Waals surface area contributed by atoms with Gasteiger partial charge in [-0.3, -0.25) is 4.79 Å². The minimum absolute atomic E-state index is 0.00133. The minimum atomic E-state index is -0.787. The maximum Gasteiger partial charge on any atom is 0.326 e. The fourth-order valence-electron chi connectivity index (χ4n) is 2.80. The van der Waals surface area contributed by atoms with Gasteiger partial charge >= 0.3 is 5.97 Å². The fraction of sp³-hybridized carbons (Fsp3) is 0.533. The van der Waals surface area contributed by atoms with Crippen molar-refractivity contribution in [3.63, 3.8) is 0 Å². The van der Waals surface area contributed by atoms with E-state index >= 15 is 0 Å². The van der Waals surface area contributed by atoms with Crippen molar-refractivity contribution < 1.29 is 23.0 Å². The molecule has 2 atom stereocenters. The zero-order valence-corrected chi connectivity index (χ0v) is 12.1. The first-order valence-electron chi connectivity index (χ1n) is 6.96. The molecule has 2 rings (SSSR count). The summed E-state index contributed by atoms with van der Waals surface area (Å²) >= 11 is 0. The molecule has 1 aliphatic carbocycles. The third-order valence-corrected chi connectivity index (χ3v) is 3.75. The third-order valence-electron chi connectivity index (χ3n) is 3.75. The maximum absolute atomic E-state index is 13.6. The number of methoxy groups -OCH3 is 1. The number of carbonyl (C=O) groups excluding carboxylic acids is 1. The summed E-state index contributed by atoms with van der Waals surface area (Å²) in [6.45, 7) is 2.52. The molecule has 1 aromatic carbocycles. The van der Waals surface area contributed by atoms with Crippen molar-refractivity contribution in [2.45, 2.75) is 37.8 Å². The number of halogens is 2. The smallest absolute Gasteiger partial charge is 0.326 e. The molecule has 0 heterocycles.